The van der Waals surface area contributed by atoms with Gasteiger partial charge in [0.05, 0.1) is 29.5 Å². The molecule has 0 radical (unpaired) electrons. The average Bonchev–Trinajstić information content (AvgIpc) is 3.14. The van der Waals surface area contributed by atoms with Crippen molar-refractivity contribution in [2.24, 2.45) is 0 Å². The summed E-state index contributed by atoms with van der Waals surface area (Å²) in [6, 6.07) is 11.7. The summed E-state index contributed by atoms with van der Waals surface area (Å²) in [5.74, 6) is 0.407. The number of hydrogen-bond donors (Lipinski definition) is 1. The van der Waals surface area contributed by atoms with Crippen LogP contribution in [0.25, 0.3) is 5.69 Å². The van der Waals surface area contributed by atoms with Crippen LogP contribution < -0.4 is 0 Å². The predicted octanol–water partition coefficient (Wildman–Crippen LogP) is 0.854. The molecule has 0 aliphatic carbocycles. The number of rotatable bonds is 6. The molecule has 1 saturated heterocycles. The molecule has 1 aromatic heterocycles. The minimum Gasteiger partial charge on any atom is -0.395 e. The lowest BCUT2D eigenvalue weighted by Gasteiger charge is -2.26. The fourth-order valence-corrected chi connectivity index (χ4v) is 4.72. The molecule has 1 aliphatic rings. The second kappa shape index (κ2) is 6.82. The number of aliphatic hydroxyl groups is 1. The van der Waals surface area contributed by atoms with Gasteiger partial charge in [-0.05, 0) is 24.6 Å². The van der Waals surface area contributed by atoms with Gasteiger partial charge in [-0.3, -0.25) is 4.90 Å². The molecule has 1 aliphatic heterocycles. The quantitative estimate of drug-likeness (QED) is 0.847. The minimum absolute atomic E-state index is 0.00986. The Morgan fingerprint density at radius 2 is 2.04 bits per heavy atom. The third kappa shape index (κ3) is 3.99. The SMILES string of the molecule is O=S1(=O)CCC(N(CCO)Cc2ccn(-c3ccccc3)n2)C1. The van der Waals surface area contributed by atoms with Crippen molar-refractivity contribution in [3.63, 3.8) is 0 Å². The topological polar surface area (TPSA) is 75.4 Å². The van der Waals surface area contributed by atoms with Crippen molar-refractivity contribution in [3.05, 3.63) is 48.3 Å². The summed E-state index contributed by atoms with van der Waals surface area (Å²) in [6.45, 7) is 1.01. The van der Waals surface area contributed by atoms with Gasteiger partial charge in [-0.15, -0.1) is 0 Å². The first-order valence-electron chi connectivity index (χ1n) is 7.73. The summed E-state index contributed by atoms with van der Waals surface area (Å²) in [7, 11) is -2.94. The Balaban J connectivity index is 1.72. The summed E-state index contributed by atoms with van der Waals surface area (Å²) in [5.41, 5.74) is 1.85. The first kappa shape index (κ1) is 16.2. The summed E-state index contributed by atoms with van der Waals surface area (Å²) >= 11 is 0. The van der Waals surface area contributed by atoms with Crippen molar-refractivity contribution in [2.45, 2.75) is 19.0 Å². The zero-order chi connectivity index (χ0) is 16.3. The highest BCUT2D eigenvalue weighted by Crippen LogP contribution is 2.19. The van der Waals surface area contributed by atoms with E-state index in [2.05, 4.69) is 5.10 Å². The van der Waals surface area contributed by atoms with Gasteiger partial charge in [0.2, 0.25) is 0 Å². The maximum absolute atomic E-state index is 11.7. The van der Waals surface area contributed by atoms with E-state index < -0.39 is 9.84 Å². The monoisotopic (exact) mass is 335 g/mol. The Morgan fingerprint density at radius 3 is 2.70 bits per heavy atom. The molecule has 1 aromatic carbocycles. The van der Waals surface area contributed by atoms with Gasteiger partial charge in [-0.25, -0.2) is 13.1 Å². The van der Waals surface area contributed by atoms with Gasteiger partial charge in [0.15, 0.2) is 9.84 Å². The largest absolute Gasteiger partial charge is 0.395 e. The van der Waals surface area contributed by atoms with Crippen LogP contribution in [0, 0.1) is 0 Å². The molecule has 7 heteroatoms. The lowest BCUT2D eigenvalue weighted by Crippen LogP contribution is -2.37. The predicted molar refractivity (Wildman–Crippen MR) is 88.1 cm³/mol. The zero-order valence-electron chi connectivity index (χ0n) is 12.9. The number of sulfone groups is 1. The molecule has 23 heavy (non-hydrogen) atoms. The Kier molecular flexibility index (Phi) is 4.79. The molecule has 124 valence electrons. The fraction of sp³-hybridized carbons (Fsp3) is 0.438. The second-order valence-corrected chi connectivity index (χ2v) is 8.07. The van der Waals surface area contributed by atoms with Crippen LogP contribution in [0.1, 0.15) is 12.1 Å². The van der Waals surface area contributed by atoms with Crippen LogP contribution in [0.4, 0.5) is 0 Å². The number of aromatic nitrogens is 2. The normalized spacial score (nSPS) is 20.2. The van der Waals surface area contributed by atoms with Gasteiger partial charge in [0, 0.05) is 25.3 Å². The lowest BCUT2D eigenvalue weighted by atomic mass is 10.2. The Labute approximate surface area is 136 Å². The van der Waals surface area contributed by atoms with Crippen LogP contribution in [0.3, 0.4) is 0 Å². The van der Waals surface area contributed by atoms with Crippen molar-refractivity contribution in [2.75, 3.05) is 24.7 Å². The maximum atomic E-state index is 11.7. The van der Waals surface area contributed by atoms with Crippen molar-refractivity contribution >= 4 is 9.84 Å². The molecular formula is C16H21N3O3S. The molecule has 0 saturated carbocycles. The molecule has 2 aromatic rings. The van der Waals surface area contributed by atoms with E-state index >= 15 is 0 Å². The van der Waals surface area contributed by atoms with Gasteiger partial charge in [0.1, 0.15) is 0 Å². The molecule has 0 bridgehead atoms. The molecule has 0 spiro atoms. The summed E-state index contributed by atoms with van der Waals surface area (Å²) < 4.78 is 25.2. The van der Waals surface area contributed by atoms with Crippen molar-refractivity contribution in [3.8, 4) is 5.69 Å². The third-order valence-corrected chi connectivity index (χ3v) is 5.89. The van der Waals surface area contributed by atoms with E-state index in [0.717, 1.165) is 11.4 Å². The minimum atomic E-state index is -2.94. The van der Waals surface area contributed by atoms with Gasteiger partial charge in [-0.2, -0.15) is 5.10 Å². The van der Waals surface area contributed by atoms with Crippen LogP contribution in [0.2, 0.25) is 0 Å². The highest BCUT2D eigenvalue weighted by atomic mass is 32.2. The van der Waals surface area contributed by atoms with Gasteiger partial charge in [0.25, 0.3) is 0 Å². The first-order valence-corrected chi connectivity index (χ1v) is 9.55. The first-order chi connectivity index (χ1) is 11.1. The molecule has 1 N–H and O–H groups in total. The number of benzene rings is 1. The van der Waals surface area contributed by atoms with E-state index in [9.17, 15) is 13.5 Å². The van der Waals surface area contributed by atoms with Crippen LogP contribution in [-0.4, -0.2) is 58.9 Å². The Hall–Kier alpha value is -1.70. The van der Waals surface area contributed by atoms with Crippen LogP contribution in [0.15, 0.2) is 42.6 Å². The number of para-hydroxylation sites is 1. The fourth-order valence-electron chi connectivity index (χ4n) is 2.96. The van der Waals surface area contributed by atoms with Crippen LogP contribution >= 0.6 is 0 Å². The van der Waals surface area contributed by atoms with Gasteiger partial charge in [-0.1, -0.05) is 18.2 Å². The van der Waals surface area contributed by atoms with Crippen LogP contribution in [-0.2, 0) is 16.4 Å². The molecular weight excluding hydrogens is 314 g/mol. The van der Waals surface area contributed by atoms with E-state index in [0.29, 0.717) is 19.5 Å². The average molecular weight is 335 g/mol. The number of aliphatic hydroxyl groups excluding tert-OH is 1. The standard InChI is InChI=1S/C16H21N3O3S/c20-10-9-18(16-7-11-23(21,22)13-16)12-14-6-8-19(17-14)15-4-2-1-3-5-15/h1-6,8,16,20H,7,9-13H2. The van der Waals surface area contributed by atoms with Crippen molar-refractivity contribution in [1.29, 1.82) is 0 Å². The van der Waals surface area contributed by atoms with E-state index in [1.807, 2.05) is 47.5 Å². The second-order valence-electron chi connectivity index (χ2n) is 5.84. The van der Waals surface area contributed by atoms with Crippen molar-refractivity contribution < 1.29 is 13.5 Å². The number of nitrogens with zero attached hydrogens (tertiary/aromatic N) is 3. The lowest BCUT2D eigenvalue weighted by molar-refractivity contribution is 0.152. The molecule has 3 rings (SSSR count). The highest BCUT2D eigenvalue weighted by Gasteiger charge is 2.32. The molecule has 1 atom stereocenters. The summed E-state index contributed by atoms with van der Waals surface area (Å²) in [4.78, 5) is 2.02. The summed E-state index contributed by atoms with van der Waals surface area (Å²) in [6.07, 6.45) is 2.52. The molecule has 0 amide bonds. The highest BCUT2D eigenvalue weighted by molar-refractivity contribution is 7.91. The Bertz CT molecular complexity index is 743. The molecule has 1 unspecified atom stereocenters. The molecule has 2 heterocycles. The van der Waals surface area contributed by atoms with Crippen molar-refractivity contribution in [1.82, 2.24) is 14.7 Å². The zero-order valence-corrected chi connectivity index (χ0v) is 13.7. The van der Waals surface area contributed by atoms with E-state index in [1.165, 1.54) is 0 Å². The Morgan fingerprint density at radius 1 is 1.26 bits per heavy atom. The van der Waals surface area contributed by atoms with E-state index in [-0.39, 0.29) is 24.2 Å². The van der Waals surface area contributed by atoms with Gasteiger partial charge < -0.3 is 5.11 Å². The number of hydrogen-bond acceptors (Lipinski definition) is 5. The van der Waals surface area contributed by atoms with E-state index in [1.54, 1.807) is 4.68 Å². The smallest absolute Gasteiger partial charge is 0.151 e. The summed E-state index contributed by atoms with van der Waals surface area (Å²) in [5, 5.41) is 13.8. The third-order valence-electron chi connectivity index (χ3n) is 4.14. The molecule has 6 nitrogen and oxygen atoms in total. The maximum Gasteiger partial charge on any atom is 0.151 e. The van der Waals surface area contributed by atoms with E-state index in [4.69, 9.17) is 0 Å². The van der Waals surface area contributed by atoms with Crippen LogP contribution in [0.5, 0.6) is 0 Å². The van der Waals surface area contributed by atoms with Gasteiger partial charge >= 0.3 is 0 Å². The molecule has 1 fully saturated rings.